The molecule has 0 aromatic heterocycles. The van der Waals surface area contributed by atoms with E-state index in [9.17, 15) is 0 Å². The van der Waals surface area contributed by atoms with Crippen molar-refractivity contribution >= 4 is 17.7 Å². The van der Waals surface area contributed by atoms with E-state index >= 15 is 0 Å². The summed E-state index contributed by atoms with van der Waals surface area (Å²) in [7, 11) is 0. The molecule has 0 spiro atoms. The average Bonchev–Trinajstić information content (AvgIpc) is 1.69. The van der Waals surface area contributed by atoms with E-state index in [1.54, 1.807) is 0 Å². The van der Waals surface area contributed by atoms with Gasteiger partial charge in [-0.2, -0.15) is 0 Å². The zero-order valence-corrected chi connectivity index (χ0v) is 5.28. The third-order valence-electron chi connectivity index (χ3n) is 0.858. The van der Waals surface area contributed by atoms with Gasteiger partial charge in [0.1, 0.15) is 0 Å². The van der Waals surface area contributed by atoms with E-state index in [0.717, 1.165) is 0 Å². The summed E-state index contributed by atoms with van der Waals surface area (Å²) in [5.74, 6) is 0. The number of rotatable bonds is 3. The predicted octanol–water partition coefficient (Wildman–Crippen LogP) is 1.93. The first-order chi connectivity index (χ1) is 3.41. The number of hydrogen-bond donors (Lipinski definition) is 0. The second-order valence-electron chi connectivity index (χ2n) is 1.67. The van der Waals surface area contributed by atoms with E-state index in [1.807, 2.05) is 0 Å². The Morgan fingerprint density at radius 1 is 1.43 bits per heavy atom. The van der Waals surface area contributed by atoms with Gasteiger partial charge >= 0.3 is 54.7 Å². The van der Waals surface area contributed by atoms with Gasteiger partial charge < -0.3 is 0 Å². The van der Waals surface area contributed by atoms with E-state index < -0.39 is 0 Å². The van der Waals surface area contributed by atoms with Crippen LogP contribution >= 0.6 is 0 Å². The van der Waals surface area contributed by atoms with Crippen LogP contribution in [0.1, 0.15) is 19.8 Å². The fourth-order valence-electron chi connectivity index (χ4n) is 0.451. The predicted molar refractivity (Wildman–Crippen MR) is 34.6 cm³/mol. The second kappa shape index (κ2) is 6.34. The van der Waals surface area contributed by atoms with E-state index in [1.165, 1.54) is 17.9 Å². The number of hydrogen-bond acceptors (Lipinski definition) is 0. The average molecular weight is 90.1 g/mol. The van der Waals surface area contributed by atoms with Crippen LogP contribution in [0.2, 0.25) is 5.09 Å². The standard InChI is InChI=1S/C6H11.Li/c1-3-5-6-4-2;/h5-6H,1,3-4H2,2H3;/b6-5+;. The summed E-state index contributed by atoms with van der Waals surface area (Å²) in [5.41, 5.74) is 0. The van der Waals surface area contributed by atoms with Crippen LogP contribution < -0.4 is 0 Å². The molecular formula is C6H11Li. The van der Waals surface area contributed by atoms with E-state index in [-0.39, 0.29) is 0 Å². The molecular weight excluding hydrogens is 79.0 g/mol. The van der Waals surface area contributed by atoms with Gasteiger partial charge in [-0.15, -0.1) is 0 Å². The summed E-state index contributed by atoms with van der Waals surface area (Å²) in [4.78, 5) is 0. The maximum absolute atomic E-state index is 2.24. The molecule has 0 atom stereocenters. The summed E-state index contributed by atoms with van der Waals surface area (Å²) in [6.45, 7) is 2.16. The van der Waals surface area contributed by atoms with Gasteiger partial charge in [0.25, 0.3) is 0 Å². The molecule has 0 aliphatic heterocycles. The zero-order chi connectivity index (χ0) is 5.54. The minimum absolute atomic E-state index is 1.18. The van der Waals surface area contributed by atoms with E-state index in [2.05, 4.69) is 36.8 Å². The van der Waals surface area contributed by atoms with Gasteiger partial charge in [-0.05, 0) is 0 Å². The van der Waals surface area contributed by atoms with Crippen molar-refractivity contribution in [2.75, 3.05) is 0 Å². The molecule has 0 fully saturated rings. The molecule has 0 rings (SSSR count). The van der Waals surface area contributed by atoms with Crippen molar-refractivity contribution in [3.05, 3.63) is 12.2 Å². The van der Waals surface area contributed by atoms with Gasteiger partial charge in [-0.25, -0.2) is 0 Å². The summed E-state index contributed by atoms with van der Waals surface area (Å²) < 4.78 is 0. The molecule has 1 heteroatoms. The second-order valence-corrected chi connectivity index (χ2v) is 1.67. The van der Waals surface area contributed by atoms with Crippen LogP contribution in [0.5, 0.6) is 0 Å². The zero-order valence-electron chi connectivity index (χ0n) is 5.28. The monoisotopic (exact) mass is 90.1 g/mol. The van der Waals surface area contributed by atoms with Crippen LogP contribution in [-0.4, -0.2) is 17.7 Å². The minimum atomic E-state index is 1.18. The Hall–Kier alpha value is 0.337. The summed E-state index contributed by atoms with van der Waals surface area (Å²) in [6.07, 6.45) is 6.87. The Labute approximate surface area is 55.2 Å². The molecule has 0 aliphatic rings. The van der Waals surface area contributed by atoms with Crippen molar-refractivity contribution in [2.24, 2.45) is 0 Å². The molecule has 0 aromatic carbocycles. The van der Waals surface area contributed by atoms with Crippen LogP contribution in [-0.2, 0) is 0 Å². The van der Waals surface area contributed by atoms with Crippen LogP contribution in [0, 0.1) is 0 Å². The van der Waals surface area contributed by atoms with Crippen LogP contribution in [0.4, 0.5) is 0 Å². The van der Waals surface area contributed by atoms with Crippen molar-refractivity contribution in [3.8, 4) is 0 Å². The van der Waals surface area contributed by atoms with Crippen molar-refractivity contribution in [2.45, 2.75) is 24.9 Å². The van der Waals surface area contributed by atoms with Gasteiger partial charge in [-0.3, -0.25) is 0 Å². The topological polar surface area (TPSA) is 0 Å². The van der Waals surface area contributed by atoms with Crippen molar-refractivity contribution in [1.82, 2.24) is 0 Å². The molecule has 0 saturated carbocycles. The summed E-state index contributed by atoms with van der Waals surface area (Å²) in [6, 6.07) is 0. The molecule has 0 heterocycles. The Morgan fingerprint density at radius 2 is 2.14 bits per heavy atom. The first-order valence-electron chi connectivity index (χ1n) is 3.06. The summed E-state index contributed by atoms with van der Waals surface area (Å²) in [5, 5.41) is 1.27. The molecule has 36 valence electrons. The molecule has 0 amide bonds. The van der Waals surface area contributed by atoms with Crippen LogP contribution in [0.3, 0.4) is 0 Å². The van der Waals surface area contributed by atoms with Gasteiger partial charge in [0.05, 0.1) is 0 Å². The Bertz CT molecular complexity index is 48.1. The molecule has 0 unspecified atom stereocenters. The molecule has 0 aliphatic carbocycles. The van der Waals surface area contributed by atoms with Gasteiger partial charge in [-0.1, -0.05) is 0 Å². The Balaban J connectivity index is 2.78. The fourth-order valence-corrected chi connectivity index (χ4v) is 0.451. The molecule has 0 radical (unpaired) electrons. The third kappa shape index (κ3) is 6.34. The van der Waals surface area contributed by atoms with Crippen molar-refractivity contribution in [3.63, 3.8) is 0 Å². The first kappa shape index (κ1) is 7.34. The van der Waals surface area contributed by atoms with Gasteiger partial charge in [0.2, 0.25) is 0 Å². The van der Waals surface area contributed by atoms with E-state index in [4.69, 9.17) is 0 Å². The Kier molecular flexibility index (Phi) is 6.64. The normalized spacial score (nSPS) is 10.7. The van der Waals surface area contributed by atoms with Gasteiger partial charge in [0.15, 0.2) is 0 Å². The van der Waals surface area contributed by atoms with Crippen molar-refractivity contribution < 1.29 is 0 Å². The fraction of sp³-hybridized carbons (Fsp3) is 0.667. The molecule has 7 heavy (non-hydrogen) atoms. The van der Waals surface area contributed by atoms with E-state index in [0.29, 0.717) is 0 Å². The quantitative estimate of drug-likeness (QED) is 0.367. The molecule has 0 aromatic rings. The summed E-state index contributed by atoms with van der Waals surface area (Å²) >= 11 is 2.19. The SMILES string of the molecule is [Li][CH2]C/C=C/CC. The molecule has 0 saturated heterocycles. The first-order valence-corrected chi connectivity index (χ1v) is 3.06. The van der Waals surface area contributed by atoms with Crippen molar-refractivity contribution in [1.29, 1.82) is 0 Å². The molecule has 0 bridgehead atoms. The van der Waals surface area contributed by atoms with Crippen LogP contribution in [0.15, 0.2) is 12.2 Å². The van der Waals surface area contributed by atoms with Crippen LogP contribution in [0.25, 0.3) is 0 Å². The third-order valence-corrected chi connectivity index (χ3v) is 0.858. The number of allylic oxidation sites excluding steroid dienone is 2. The van der Waals surface area contributed by atoms with Gasteiger partial charge in [0, 0.05) is 0 Å². The maximum atomic E-state index is 2.24. The molecule has 0 N–H and O–H groups in total. The Morgan fingerprint density at radius 3 is 2.57 bits per heavy atom. The molecule has 0 nitrogen and oxygen atoms in total.